The molecule has 1 aromatic heterocycles. The van der Waals surface area contributed by atoms with Gasteiger partial charge in [-0.15, -0.1) is 10.2 Å². The first-order valence-corrected chi connectivity index (χ1v) is 10.3. The topological polar surface area (TPSA) is 60.2 Å². The van der Waals surface area contributed by atoms with Crippen LogP contribution in [0.3, 0.4) is 0 Å². The van der Waals surface area contributed by atoms with Crippen LogP contribution in [-0.2, 0) is 29.0 Å². The van der Waals surface area contributed by atoms with Crippen molar-refractivity contribution in [3.05, 3.63) is 46.0 Å². The maximum absolute atomic E-state index is 13.2. The predicted molar refractivity (Wildman–Crippen MR) is 105 cm³/mol. The van der Waals surface area contributed by atoms with E-state index in [-0.39, 0.29) is 11.3 Å². The van der Waals surface area contributed by atoms with E-state index in [4.69, 9.17) is 4.74 Å². The number of halogens is 1. The van der Waals surface area contributed by atoms with Gasteiger partial charge in [0.1, 0.15) is 5.82 Å². The van der Waals surface area contributed by atoms with Crippen molar-refractivity contribution in [1.29, 1.82) is 0 Å². The Morgan fingerprint density at radius 1 is 1.30 bits per heavy atom. The summed E-state index contributed by atoms with van der Waals surface area (Å²) in [6.07, 6.45) is 4.66. The highest BCUT2D eigenvalue weighted by Crippen LogP contribution is 2.45. The molecule has 144 valence electrons. The molecule has 1 aliphatic carbocycles. The van der Waals surface area contributed by atoms with Gasteiger partial charge in [-0.05, 0) is 37.0 Å². The number of aromatic nitrogens is 3. The van der Waals surface area contributed by atoms with Crippen molar-refractivity contribution in [1.82, 2.24) is 19.7 Å². The van der Waals surface area contributed by atoms with E-state index < -0.39 is 0 Å². The number of carbonyl (C=O) groups excluding carboxylic acids is 1. The molecule has 4 rings (SSSR count). The van der Waals surface area contributed by atoms with Crippen LogP contribution in [0.1, 0.15) is 42.9 Å². The van der Waals surface area contributed by atoms with Gasteiger partial charge in [0.25, 0.3) is 0 Å². The second-order valence-electron chi connectivity index (χ2n) is 7.59. The lowest BCUT2D eigenvalue weighted by Gasteiger charge is -2.44. The summed E-state index contributed by atoms with van der Waals surface area (Å²) in [5.41, 5.74) is 0.989. The lowest BCUT2D eigenvalue weighted by Crippen LogP contribution is -2.50. The minimum atomic E-state index is -0.211. The molecular weight excluding hydrogens is 408 g/mol. The molecule has 1 aromatic carbocycles. The monoisotopic (exact) mass is 432 g/mol. The van der Waals surface area contributed by atoms with Gasteiger partial charge in [0.05, 0.1) is 12.0 Å². The minimum absolute atomic E-state index is 0.211. The molecule has 0 N–H and O–H groups in total. The van der Waals surface area contributed by atoms with Crippen molar-refractivity contribution in [2.24, 2.45) is 5.41 Å². The van der Waals surface area contributed by atoms with Crippen molar-refractivity contribution >= 4 is 21.8 Å². The molecule has 0 bridgehead atoms. The molecule has 2 heterocycles. The normalized spacial score (nSPS) is 18.1. The van der Waals surface area contributed by atoms with Crippen LogP contribution < -0.4 is 0 Å². The lowest BCUT2D eigenvalue weighted by atomic mass is 9.65. The van der Waals surface area contributed by atoms with Gasteiger partial charge < -0.3 is 14.2 Å². The Kier molecular flexibility index (Phi) is 5.32. The number of amides is 1. The van der Waals surface area contributed by atoms with Crippen LogP contribution in [0, 0.1) is 5.41 Å². The molecule has 27 heavy (non-hydrogen) atoms. The third kappa shape index (κ3) is 3.67. The molecule has 1 aliphatic heterocycles. The number of carbonyl (C=O) groups is 1. The highest BCUT2D eigenvalue weighted by molar-refractivity contribution is 9.10. The molecule has 7 heteroatoms. The quantitative estimate of drug-likeness (QED) is 0.702. The Morgan fingerprint density at radius 2 is 2.15 bits per heavy atom. The van der Waals surface area contributed by atoms with Crippen LogP contribution >= 0.6 is 15.9 Å². The highest BCUT2D eigenvalue weighted by Gasteiger charge is 2.46. The van der Waals surface area contributed by atoms with E-state index in [1.54, 1.807) is 7.11 Å². The first-order chi connectivity index (χ1) is 13.1. The van der Waals surface area contributed by atoms with Crippen LogP contribution in [0.15, 0.2) is 28.7 Å². The summed E-state index contributed by atoms with van der Waals surface area (Å²) in [5, 5.41) is 8.78. The molecule has 1 amide bonds. The number of benzene rings is 1. The summed E-state index contributed by atoms with van der Waals surface area (Å²) in [4.78, 5) is 15.1. The van der Waals surface area contributed by atoms with Crippen LogP contribution in [0.25, 0.3) is 0 Å². The van der Waals surface area contributed by atoms with Crippen LogP contribution in [-0.4, -0.2) is 45.8 Å². The zero-order chi connectivity index (χ0) is 18.9. The highest BCUT2D eigenvalue weighted by atomic mass is 79.9. The Balaban J connectivity index is 1.46. The molecular formula is C20H25BrN4O2. The first kappa shape index (κ1) is 18.6. The van der Waals surface area contributed by atoms with Crippen LogP contribution in [0.4, 0.5) is 0 Å². The van der Waals surface area contributed by atoms with Gasteiger partial charge in [-0.3, -0.25) is 4.79 Å². The van der Waals surface area contributed by atoms with Crippen molar-refractivity contribution in [3.63, 3.8) is 0 Å². The van der Waals surface area contributed by atoms with Crippen molar-refractivity contribution in [2.45, 2.75) is 45.2 Å². The molecule has 2 aliphatic rings. The number of nitrogens with zero attached hydrogens (tertiary/aromatic N) is 4. The second kappa shape index (κ2) is 7.72. The average Bonchev–Trinajstić information content (AvgIpc) is 3.03. The first-order valence-electron chi connectivity index (χ1n) is 9.55. The molecule has 6 nitrogen and oxygen atoms in total. The largest absolute Gasteiger partial charge is 0.385 e. The van der Waals surface area contributed by atoms with Gasteiger partial charge >= 0.3 is 0 Å². The molecule has 0 spiro atoms. The Hall–Kier alpha value is -1.73. The van der Waals surface area contributed by atoms with Gasteiger partial charge in [0.15, 0.2) is 5.82 Å². The summed E-state index contributed by atoms with van der Waals surface area (Å²) < 4.78 is 8.48. The van der Waals surface area contributed by atoms with E-state index in [0.29, 0.717) is 13.2 Å². The van der Waals surface area contributed by atoms with E-state index in [9.17, 15) is 4.79 Å². The van der Waals surface area contributed by atoms with Gasteiger partial charge in [0.2, 0.25) is 5.91 Å². The Morgan fingerprint density at radius 3 is 2.85 bits per heavy atom. The Labute approximate surface area is 168 Å². The maximum Gasteiger partial charge on any atom is 0.229 e. The third-order valence-corrected chi connectivity index (χ3v) is 6.41. The van der Waals surface area contributed by atoms with Gasteiger partial charge in [-0.25, -0.2) is 0 Å². The van der Waals surface area contributed by atoms with E-state index in [0.717, 1.165) is 61.3 Å². The molecule has 0 radical (unpaired) electrons. The summed E-state index contributed by atoms with van der Waals surface area (Å²) >= 11 is 3.52. The number of methoxy groups -OCH3 is 1. The standard InChI is InChI=1S/C20H25BrN4O2/c1-27-11-8-20(6-3-7-20)19(26)24-9-10-25-17(22-23-18(25)14-24)13-15-4-2-5-16(21)12-15/h2,4-5,12H,3,6-11,13-14H2,1H3. The van der Waals surface area contributed by atoms with E-state index in [1.807, 2.05) is 17.0 Å². The van der Waals surface area contributed by atoms with Gasteiger partial charge in [-0.1, -0.05) is 34.5 Å². The number of ether oxygens (including phenoxy) is 1. The fourth-order valence-electron chi connectivity index (χ4n) is 4.16. The third-order valence-electron chi connectivity index (χ3n) is 5.92. The molecule has 0 unspecified atom stereocenters. The number of rotatable bonds is 6. The summed E-state index contributed by atoms with van der Waals surface area (Å²) in [6.45, 7) is 2.69. The number of fused-ring (bicyclic) bond motifs is 1. The van der Waals surface area contributed by atoms with E-state index >= 15 is 0 Å². The van der Waals surface area contributed by atoms with E-state index in [2.05, 4.69) is 42.8 Å². The van der Waals surface area contributed by atoms with Crippen LogP contribution in [0.5, 0.6) is 0 Å². The summed E-state index contributed by atoms with van der Waals surface area (Å²) in [7, 11) is 1.70. The molecule has 1 fully saturated rings. The zero-order valence-electron chi connectivity index (χ0n) is 15.7. The molecule has 1 saturated carbocycles. The van der Waals surface area contributed by atoms with Crippen molar-refractivity contribution < 1.29 is 9.53 Å². The zero-order valence-corrected chi connectivity index (χ0v) is 17.2. The fraction of sp³-hybridized carbons (Fsp3) is 0.550. The lowest BCUT2D eigenvalue weighted by molar-refractivity contribution is -0.150. The number of hydrogen-bond donors (Lipinski definition) is 0. The molecule has 0 saturated heterocycles. The average molecular weight is 433 g/mol. The van der Waals surface area contributed by atoms with Gasteiger partial charge in [0, 0.05) is 37.7 Å². The predicted octanol–water partition coefficient (Wildman–Crippen LogP) is 3.18. The van der Waals surface area contributed by atoms with Crippen LogP contribution in [0.2, 0.25) is 0 Å². The maximum atomic E-state index is 13.2. The number of hydrogen-bond acceptors (Lipinski definition) is 4. The fourth-order valence-corrected chi connectivity index (χ4v) is 4.61. The summed E-state index contributed by atoms with van der Waals surface area (Å²) in [5.74, 6) is 2.13. The van der Waals surface area contributed by atoms with Crippen molar-refractivity contribution in [3.8, 4) is 0 Å². The van der Waals surface area contributed by atoms with Gasteiger partial charge in [-0.2, -0.15) is 0 Å². The Bertz CT molecular complexity index is 831. The SMILES string of the molecule is COCCC1(C(=O)N2CCn3c(Cc4cccc(Br)c4)nnc3C2)CCC1. The summed E-state index contributed by atoms with van der Waals surface area (Å²) in [6, 6.07) is 8.26. The van der Waals surface area contributed by atoms with Crippen molar-refractivity contribution in [2.75, 3.05) is 20.3 Å². The van der Waals surface area contributed by atoms with E-state index in [1.165, 1.54) is 5.56 Å². The minimum Gasteiger partial charge on any atom is -0.385 e. The smallest absolute Gasteiger partial charge is 0.229 e. The second-order valence-corrected chi connectivity index (χ2v) is 8.51. The molecule has 0 atom stereocenters. The molecule has 2 aromatic rings.